The van der Waals surface area contributed by atoms with Gasteiger partial charge in [-0.05, 0) is 42.5 Å². The van der Waals surface area contributed by atoms with E-state index in [-0.39, 0.29) is 4.90 Å². The van der Waals surface area contributed by atoms with Crippen molar-refractivity contribution in [3.8, 4) is 11.3 Å². The molecule has 1 N–H and O–H groups in total. The van der Waals surface area contributed by atoms with E-state index >= 15 is 0 Å². The summed E-state index contributed by atoms with van der Waals surface area (Å²) in [4.78, 5) is 9.56. The van der Waals surface area contributed by atoms with E-state index in [4.69, 9.17) is 10.1 Å². The second-order valence-electron chi connectivity index (χ2n) is 7.56. The van der Waals surface area contributed by atoms with Crippen molar-refractivity contribution in [2.75, 3.05) is 11.9 Å². The number of fused-ring (bicyclic) bond motifs is 1. The van der Waals surface area contributed by atoms with Gasteiger partial charge in [0.05, 0.1) is 11.4 Å². The Hall–Kier alpha value is -2.32. The van der Waals surface area contributed by atoms with E-state index in [2.05, 4.69) is 21.9 Å². The van der Waals surface area contributed by atoms with Crippen LogP contribution in [-0.4, -0.2) is 35.1 Å². The lowest BCUT2D eigenvalue weighted by Gasteiger charge is -2.22. The fourth-order valence-electron chi connectivity index (χ4n) is 3.90. The summed E-state index contributed by atoms with van der Waals surface area (Å²) in [5.74, 6) is 0.631. The maximum atomic E-state index is 11.2. The summed E-state index contributed by atoms with van der Waals surface area (Å²) < 4.78 is 24.4. The van der Waals surface area contributed by atoms with Crippen molar-refractivity contribution in [3.63, 3.8) is 0 Å². The Morgan fingerprint density at radius 1 is 1.21 bits per heavy atom. The first-order chi connectivity index (χ1) is 14.2. The van der Waals surface area contributed by atoms with E-state index in [0.29, 0.717) is 12.0 Å². The van der Waals surface area contributed by atoms with Crippen molar-refractivity contribution < 1.29 is 8.76 Å². The summed E-state index contributed by atoms with van der Waals surface area (Å²) in [6.45, 7) is 3.00. The average Bonchev–Trinajstić information content (AvgIpc) is 3.13. The molecule has 0 amide bonds. The van der Waals surface area contributed by atoms with E-state index in [1.54, 1.807) is 24.3 Å². The lowest BCUT2D eigenvalue weighted by atomic mass is 9.96. The van der Waals surface area contributed by atoms with E-state index in [9.17, 15) is 8.76 Å². The molecule has 1 aromatic carbocycles. The second kappa shape index (κ2) is 9.00. The summed E-state index contributed by atoms with van der Waals surface area (Å²) in [5, 5.41) is 9.13. The maximum Gasteiger partial charge on any atom is 0.224 e. The minimum Gasteiger partial charge on any atom is -0.768 e. The van der Waals surface area contributed by atoms with Crippen molar-refractivity contribution >= 4 is 28.1 Å². The van der Waals surface area contributed by atoms with Crippen LogP contribution in [-0.2, 0) is 11.1 Å². The van der Waals surface area contributed by atoms with Gasteiger partial charge in [0.2, 0.25) is 5.95 Å². The molecule has 4 rings (SSSR count). The molecule has 0 radical (unpaired) electrons. The minimum absolute atomic E-state index is 0.267. The summed E-state index contributed by atoms with van der Waals surface area (Å²) in [7, 11) is 0. The molecule has 1 aliphatic carbocycles. The highest BCUT2D eigenvalue weighted by atomic mass is 32.2. The Morgan fingerprint density at radius 2 is 1.97 bits per heavy atom. The van der Waals surface area contributed by atoms with Gasteiger partial charge < -0.3 is 9.87 Å². The maximum absolute atomic E-state index is 11.2. The van der Waals surface area contributed by atoms with Crippen LogP contribution in [0.25, 0.3) is 22.3 Å². The highest BCUT2D eigenvalue weighted by Gasteiger charge is 2.22. The van der Waals surface area contributed by atoms with Crippen LogP contribution in [0, 0.1) is 0 Å². The van der Waals surface area contributed by atoms with Crippen LogP contribution in [0.4, 0.5) is 5.95 Å². The van der Waals surface area contributed by atoms with Gasteiger partial charge in [-0.3, -0.25) is 4.21 Å². The molecule has 0 saturated heterocycles. The van der Waals surface area contributed by atoms with Crippen molar-refractivity contribution in [1.29, 1.82) is 0 Å². The van der Waals surface area contributed by atoms with Crippen LogP contribution in [0.2, 0.25) is 0 Å². The lowest BCUT2D eigenvalue weighted by molar-refractivity contribution is 0.336. The van der Waals surface area contributed by atoms with Crippen molar-refractivity contribution in [2.45, 2.75) is 62.8 Å². The molecule has 1 atom stereocenters. The van der Waals surface area contributed by atoms with E-state index in [1.165, 1.54) is 19.3 Å². The van der Waals surface area contributed by atoms with Crippen LogP contribution in [0.1, 0.15) is 57.9 Å². The SMILES string of the molecule is CCCCNc1ncc2c(-c3ccc(S(=O)[O-])cc3)nn(C3CCCCC3)c2n1. The quantitative estimate of drug-likeness (QED) is 0.455. The standard InChI is InChI=1S/C21H27N5O2S/c1-2-3-13-22-21-23-14-18-19(15-9-11-17(12-10-15)29(27)28)25-26(20(18)24-21)16-7-5-4-6-8-16/h9-12,14,16H,2-8,13H2,1H3,(H,27,28)(H,22,23,24)/p-1. The predicted molar refractivity (Wildman–Crippen MR) is 113 cm³/mol. The lowest BCUT2D eigenvalue weighted by Crippen LogP contribution is -2.15. The van der Waals surface area contributed by atoms with Gasteiger partial charge in [-0.15, -0.1) is 0 Å². The monoisotopic (exact) mass is 412 g/mol. The van der Waals surface area contributed by atoms with Crippen molar-refractivity contribution in [1.82, 2.24) is 19.7 Å². The Kier molecular flexibility index (Phi) is 6.20. The Labute approximate surface area is 173 Å². The van der Waals surface area contributed by atoms with Crippen LogP contribution < -0.4 is 5.32 Å². The normalized spacial score (nSPS) is 16.2. The van der Waals surface area contributed by atoms with Gasteiger partial charge in [-0.25, -0.2) is 9.67 Å². The Balaban J connectivity index is 1.76. The summed E-state index contributed by atoms with van der Waals surface area (Å²) in [6.07, 6.45) is 9.91. The van der Waals surface area contributed by atoms with Crippen LogP contribution in [0.5, 0.6) is 0 Å². The van der Waals surface area contributed by atoms with E-state index in [0.717, 1.165) is 54.5 Å². The zero-order valence-electron chi connectivity index (χ0n) is 16.6. The van der Waals surface area contributed by atoms with Gasteiger partial charge in [0, 0.05) is 23.2 Å². The zero-order chi connectivity index (χ0) is 20.2. The molecule has 154 valence electrons. The van der Waals surface area contributed by atoms with Gasteiger partial charge in [-0.2, -0.15) is 10.1 Å². The molecule has 3 aromatic rings. The fraction of sp³-hybridized carbons (Fsp3) is 0.476. The molecule has 0 bridgehead atoms. The Bertz CT molecular complexity index is 996. The van der Waals surface area contributed by atoms with Crippen molar-refractivity contribution in [2.24, 2.45) is 0 Å². The first kappa shape index (κ1) is 20.0. The number of hydrogen-bond acceptors (Lipinski definition) is 6. The third kappa shape index (κ3) is 4.33. The summed E-state index contributed by atoms with van der Waals surface area (Å²) in [5.41, 5.74) is 2.51. The topological polar surface area (TPSA) is 95.8 Å². The molecule has 29 heavy (non-hydrogen) atoms. The molecule has 7 nitrogen and oxygen atoms in total. The number of benzene rings is 1. The molecular formula is C21H26N5O2S-. The molecule has 8 heteroatoms. The highest BCUT2D eigenvalue weighted by molar-refractivity contribution is 7.79. The van der Waals surface area contributed by atoms with E-state index in [1.807, 2.05) is 6.20 Å². The van der Waals surface area contributed by atoms with E-state index < -0.39 is 11.1 Å². The third-order valence-electron chi connectivity index (χ3n) is 5.50. The molecule has 1 saturated carbocycles. The molecular weight excluding hydrogens is 386 g/mol. The molecule has 1 aliphatic rings. The van der Waals surface area contributed by atoms with Crippen LogP contribution in [0.15, 0.2) is 35.4 Å². The number of nitrogens with zero attached hydrogens (tertiary/aromatic N) is 4. The molecule has 0 spiro atoms. The number of rotatable bonds is 7. The smallest absolute Gasteiger partial charge is 0.224 e. The van der Waals surface area contributed by atoms with Gasteiger partial charge in [0.25, 0.3) is 0 Å². The largest absolute Gasteiger partial charge is 0.768 e. The van der Waals surface area contributed by atoms with Gasteiger partial charge >= 0.3 is 0 Å². The van der Waals surface area contributed by atoms with Crippen LogP contribution >= 0.6 is 0 Å². The third-order valence-corrected chi connectivity index (χ3v) is 6.16. The molecule has 1 fully saturated rings. The van der Waals surface area contributed by atoms with Crippen LogP contribution in [0.3, 0.4) is 0 Å². The Morgan fingerprint density at radius 3 is 2.66 bits per heavy atom. The summed E-state index contributed by atoms with van der Waals surface area (Å²) >= 11 is -2.24. The number of nitrogens with one attached hydrogen (secondary N) is 1. The number of hydrogen-bond donors (Lipinski definition) is 1. The average molecular weight is 413 g/mol. The van der Waals surface area contributed by atoms with Gasteiger partial charge in [0.15, 0.2) is 5.65 Å². The number of aromatic nitrogens is 4. The first-order valence-corrected chi connectivity index (χ1v) is 11.4. The molecule has 1 unspecified atom stereocenters. The van der Waals surface area contributed by atoms with Gasteiger partial charge in [0.1, 0.15) is 5.69 Å². The molecule has 2 heterocycles. The zero-order valence-corrected chi connectivity index (χ0v) is 17.5. The second-order valence-corrected chi connectivity index (χ2v) is 8.50. The number of anilines is 1. The fourth-order valence-corrected chi connectivity index (χ4v) is 4.26. The minimum atomic E-state index is -2.24. The highest BCUT2D eigenvalue weighted by Crippen LogP contribution is 2.34. The predicted octanol–water partition coefficient (Wildman–Crippen LogP) is 4.45. The molecule has 2 aromatic heterocycles. The first-order valence-electron chi connectivity index (χ1n) is 10.4. The molecule has 0 aliphatic heterocycles. The number of unbranched alkanes of at least 4 members (excludes halogenated alkanes) is 1. The van der Waals surface area contributed by atoms with Gasteiger partial charge in [-0.1, -0.05) is 44.7 Å². The summed E-state index contributed by atoms with van der Waals surface area (Å²) in [6, 6.07) is 7.14. The van der Waals surface area contributed by atoms with Crippen molar-refractivity contribution in [3.05, 3.63) is 30.5 Å².